The third-order valence-corrected chi connectivity index (χ3v) is 2.34. The number of aliphatic hydroxyl groups excluding tert-OH is 1. The molecule has 2 nitrogen and oxygen atoms in total. The fourth-order valence-corrected chi connectivity index (χ4v) is 1.20. The second-order valence-corrected chi connectivity index (χ2v) is 3.31. The molecule has 2 unspecified atom stereocenters. The third kappa shape index (κ3) is 2.46. The molecule has 72 valence electrons. The predicted octanol–water partition coefficient (Wildman–Crippen LogP) is 2.18. The highest BCUT2D eigenvalue weighted by Gasteiger charge is 2.11. The Bertz CT molecular complexity index is 269. The molecule has 0 aromatic heterocycles. The summed E-state index contributed by atoms with van der Waals surface area (Å²) in [6.45, 7) is 3.80. The van der Waals surface area contributed by atoms with Gasteiger partial charge in [0.15, 0.2) is 0 Å². The molecule has 1 rings (SSSR count). The van der Waals surface area contributed by atoms with Crippen LogP contribution in [0.4, 0.5) is 0 Å². The molecule has 2 heteroatoms. The number of methoxy groups -OCH3 is 1. The Labute approximate surface area is 79.2 Å². The van der Waals surface area contributed by atoms with Crippen LogP contribution in [0.25, 0.3) is 0 Å². The summed E-state index contributed by atoms with van der Waals surface area (Å²) in [6.07, 6.45) is -0.327. The Morgan fingerprint density at radius 2 is 2.00 bits per heavy atom. The molecule has 0 bridgehead atoms. The van der Waals surface area contributed by atoms with Gasteiger partial charge in [-0.05, 0) is 24.6 Å². The minimum absolute atomic E-state index is 0.148. The first-order valence-electron chi connectivity index (χ1n) is 4.47. The number of benzene rings is 1. The van der Waals surface area contributed by atoms with Crippen LogP contribution in [0.1, 0.15) is 25.3 Å². The zero-order valence-corrected chi connectivity index (χ0v) is 8.32. The first-order chi connectivity index (χ1) is 6.15. The van der Waals surface area contributed by atoms with Crippen molar-refractivity contribution >= 4 is 0 Å². The summed E-state index contributed by atoms with van der Waals surface area (Å²) in [5, 5.41) is 9.40. The molecule has 0 spiro atoms. The molecular formula is C11H16O2. The largest absolute Gasteiger partial charge is 0.497 e. The fourth-order valence-electron chi connectivity index (χ4n) is 1.20. The van der Waals surface area contributed by atoms with Gasteiger partial charge >= 0.3 is 0 Å². The van der Waals surface area contributed by atoms with Gasteiger partial charge in [0.1, 0.15) is 5.75 Å². The summed E-state index contributed by atoms with van der Waals surface area (Å²) < 4.78 is 5.10. The van der Waals surface area contributed by atoms with Crippen molar-refractivity contribution < 1.29 is 9.84 Å². The van der Waals surface area contributed by atoms with Crippen LogP contribution in [0.3, 0.4) is 0 Å². The highest BCUT2D eigenvalue weighted by Crippen LogP contribution is 2.22. The highest BCUT2D eigenvalue weighted by atomic mass is 16.5. The van der Waals surface area contributed by atoms with Crippen LogP contribution in [-0.2, 0) is 0 Å². The monoisotopic (exact) mass is 180 g/mol. The van der Waals surface area contributed by atoms with Gasteiger partial charge in [-0.25, -0.2) is 0 Å². The Balaban J connectivity index is 2.88. The van der Waals surface area contributed by atoms with E-state index in [4.69, 9.17) is 4.74 Å². The van der Waals surface area contributed by atoms with E-state index in [2.05, 4.69) is 0 Å². The fraction of sp³-hybridized carbons (Fsp3) is 0.455. The third-order valence-electron chi connectivity index (χ3n) is 2.34. The van der Waals surface area contributed by atoms with E-state index in [1.165, 1.54) is 0 Å². The van der Waals surface area contributed by atoms with Crippen LogP contribution in [0.2, 0.25) is 0 Å². The molecule has 0 fully saturated rings. The summed E-state index contributed by atoms with van der Waals surface area (Å²) in [6, 6.07) is 7.79. The average molecular weight is 180 g/mol. The summed E-state index contributed by atoms with van der Waals surface area (Å²) in [5.74, 6) is 0.986. The molecule has 1 aromatic rings. The van der Waals surface area contributed by atoms with Gasteiger partial charge in [-0.1, -0.05) is 19.1 Å². The van der Waals surface area contributed by atoms with Crippen LogP contribution in [0.5, 0.6) is 5.75 Å². The number of ether oxygens (including phenoxy) is 1. The average Bonchev–Trinajstić information content (AvgIpc) is 2.16. The normalized spacial score (nSPS) is 15.1. The summed E-state index contributed by atoms with van der Waals surface area (Å²) >= 11 is 0. The molecule has 0 radical (unpaired) electrons. The predicted molar refractivity (Wildman–Crippen MR) is 53.1 cm³/mol. The first-order valence-corrected chi connectivity index (χ1v) is 4.47. The van der Waals surface area contributed by atoms with Crippen molar-refractivity contribution in [2.24, 2.45) is 0 Å². The van der Waals surface area contributed by atoms with Gasteiger partial charge in [-0.3, -0.25) is 0 Å². The van der Waals surface area contributed by atoms with Crippen molar-refractivity contribution in [2.45, 2.75) is 25.9 Å². The lowest BCUT2D eigenvalue weighted by Gasteiger charge is -2.15. The molecule has 1 aromatic carbocycles. The quantitative estimate of drug-likeness (QED) is 0.772. The number of hydrogen-bond donors (Lipinski definition) is 1. The smallest absolute Gasteiger partial charge is 0.119 e. The van der Waals surface area contributed by atoms with Gasteiger partial charge in [-0.2, -0.15) is 0 Å². The van der Waals surface area contributed by atoms with Gasteiger partial charge in [0.05, 0.1) is 13.2 Å². The number of aliphatic hydroxyl groups is 1. The summed E-state index contributed by atoms with van der Waals surface area (Å²) in [4.78, 5) is 0. The van der Waals surface area contributed by atoms with E-state index in [1.54, 1.807) is 14.0 Å². The maximum Gasteiger partial charge on any atom is 0.119 e. The molecule has 0 heterocycles. The zero-order valence-electron chi connectivity index (χ0n) is 8.32. The first kappa shape index (κ1) is 10.1. The molecule has 0 saturated carbocycles. The van der Waals surface area contributed by atoms with E-state index in [-0.39, 0.29) is 12.0 Å². The van der Waals surface area contributed by atoms with E-state index < -0.39 is 0 Å². The van der Waals surface area contributed by atoms with Crippen LogP contribution in [-0.4, -0.2) is 18.3 Å². The number of rotatable bonds is 3. The van der Waals surface area contributed by atoms with Gasteiger partial charge in [-0.15, -0.1) is 0 Å². The van der Waals surface area contributed by atoms with Gasteiger partial charge in [0.25, 0.3) is 0 Å². The van der Waals surface area contributed by atoms with Crippen molar-refractivity contribution in [1.29, 1.82) is 0 Å². The molecule has 0 aliphatic carbocycles. The molecule has 0 amide bonds. The maximum absolute atomic E-state index is 9.40. The van der Waals surface area contributed by atoms with E-state index in [1.807, 2.05) is 31.2 Å². The Morgan fingerprint density at radius 1 is 1.31 bits per heavy atom. The number of hydrogen-bond acceptors (Lipinski definition) is 2. The second-order valence-electron chi connectivity index (χ2n) is 3.31. The second kappa shape index (κ2) is 4.28. The molecule has 0 aliphatic rings. The standard InChI is InChI=1S/C11H16O2/c1-8(9(2)12)10-5-4-6-11(7-10)13-3/h4-9,12H,1-3H3. The van der Waals surface area contributed by atoms with Crippen LogP contribution < -0.4 is 4.74 Å². The zero-order chi connectivity index (χ0) is 9.84. The molecular weight excluding hydrogens is 164 g/mol. The van der Waals surface area contributed by atoms with E-state index in [0.717, 1.165) is 11.3 Å². The Kier molecular flexibility index (Phi) is 3.32. The lowest BCUT2D eigenvalue weighted by molar-refractivity contribution is 0.169. The SMILES string of the molecule is COc1cccc(C(C)C(C)O)c1. The van der Waals surface area contributed by atoms with Gasteiger partial charge < -0.3 is 9.84 Å². The van der Waals surface area contributed by atoms with Crippen molar-refractivity contribution in [3.8, 4) is 5.75 Å². The highest BCUT2D eigenvalue weighted by molar-refractivity contribution is 5.30. The molecule has 13 heavy (non-hydrogen) atoms. The summed E-state index contributed by atoms with van der Waals surface area (Å²) in [5.41, 5.74) is 1.11. The van der Waals surface area contributed by atoms with E-state index in [9.17, 15) is 5.11 Å². The Hall–Kier alpha value is -1.02. The van der Waals surface area contributed by atoms with Crippen molar-refractivity contribution in [1.82, 2.24) is 0 Å². The molecule has 1 N–H and O–H groups in total. The van der Waals surface area contributed by atoms with Crippen molar-refractivity contribution in [2.75, 3.05) is 7.11 Å². The minimum atomic E-state index is -0.327. The Morgan fingerprint density at radius 3 is 2.54 bits per heavy atom. The molecule has 0 aliphatic heterocycles. The topological polar surface area (TPSA) is 29.5 Å². The van der Waals surface area contributed by atoms with Crippen LogP contribution >= 0.6 is 0 Å². The summed E-state index contributed by atoms with van der Waals surface area (Å²) in [7, 11) is 1.64. The minimum Gasteiger partial charge on any atom is -0.497 e. The van der Waals surface area contributed by atoms with Crippen molar-refractivity contribution in [3.05, 3.63) is 29.8 Å². The molecule has 2 atom stereocenters. The van der Waals surface area contributed by atoms with Crippen LogP contribution in [0, 0.1) is 0 Å². The van der Waals surface area contributed by atoms with Crippen molar-refractivity contribution in [3.63, 3.8) is 0 Å². The lowest BCUT2D eigenvalue weighted by Crippen LogP contribution is -2.10. The molecule has 0 saturated heterocycles. The van der Waals surface area contributed by atoms with E-state index in [0.29, 0.717) is 0 Å². The van der Waals surface area contributed by atoms with Gasteiger partial charge in [0.2, 0.25) is 0 Å². The van der Waals surface area contributed by atoms with Gasteiger partial charge in [0, 0.05) is 5.92 Å². The maximum atomic E-state index is 9.40. The van der Waals surface area contributed by atoms with E-state index >= 15 is 0 Å². The van der Waals surface area contributed by atoms with Crippen LogP contribution in [0.15, 0.2) is 24.3 Å². The lowest BCUT2D eigenvalue weighted by atomic mass is 9.96.